The van der Waals surface area contributed by atoms with Gasteiger partial charge in [-0.05, 0) is 61.8 Å². The number of fused-ring (bicyclic) bond motifs is 1. The molecule has 0 spiro atoms. The third-order valence-corrected chi connectivity index (χ3v) is 4.83. The maximum atomic E-state index is 13.3. The van der Waals surface area contributed by atoms with E-state index in [1.54, 1.807) is 18.2 Å². The number of hydrogen-bond donors (Lipinski definition) is 0. The topological polar surface area (TPSA) is 38.8 Å². The molecule has 0 saturated carbocycles. The van der Waals surface area contributed by atoms with Gasteiger partial charge in [-0.1, -0.05) is 18.2 Å². The van der Waals surface area contributed by atoms with Crippen molar-refractivity contribution in [2.45, 2.75) is 25.6 Å². The molecule has 30 heavy (non-hydrogen) atoms. The first kappa shape index (κ1) is 22.5. The molecule has 0 aromatic heterocycles. The first-order valence-corrected chi connectivity index (χ1v) is 9.54. The summed E-state index contributed by atoms with van der Waals surface area (Å²) in [5.41, 5.74) is 0.432. The van der Waals surface area contributed by atoms with Crippen molar-refractivity contribution in [3.63, 3.8) is 0 Å². The van der Waals surface area contributed by atoms with Crippen LogP contribution in [0.5, 0.6) is 0 Å². The summed E-state index contributed by atoms with van der Waals surface area (Å²) in [4.78, 5) is 14.6. The Kier molecular flexibility index (Phi) is 6.95. The molecule has 0 fully saturated rings. The van der Waals surface area contributed by atoms with Crippen LogP contribution in [-0.4, -0.2) is 45.0 Å². The fraction of sp³-hybridized carbons (Fsp3) is 0.381. The van der Waals surface area contributed by atoms with E-state index in [9.17, 15) is 22.4 Å². The molecular weight excluding hydrogens is 401 g/mol. The van der Waals surface area contributed by atoms with Crippen molar-refractivity contribution in [3.8, 4) is 0 Å². The van der Waals surface area contributed by atoms with E-state index in [0.717, 1.165) is 36.1 Å². The molecule has 4 nitrogen and oxygen atoms in total. The number of nitrogens with zero attached hydrogens (tertiary/aromatic N) is 1. The number of hydrogen-bond acceptors (Lipinski definition) is 4. The highest BCUT2D eigenvalue weighted by molar-refractivity contribution is 6.62. The number of benzene rings is 2. The van der Waals surface area contributed by atoms with Crippen molar-refractivity contribution in [2.24, 2.45) is 0 Å². The maximum absolute atomic E-state index is 13.3. The van der Waals surface area contributed by atoms with E-state index >= 15 is 0 Å². The molecule has 3 rings (SSSR count). The molecular formula is C21H22BF4NO3. The predicted octanol–water partition coefficient (Wildman–Crippen LogP) is 3.46. The van der Waals surface area contributed by atoms with Crippen LogP contribution in [0.1, 0.15) is 33.5 Å². The van der Waals surface area contributed by atoms with Gasteiger partial charge in [-0.15, -0.1) is 0 Å². The molecule has 0 saturated heterocycles. The highest BCUT2D eigenvalue weighted by Gasteiger charge is 2.36. The van der Waals surface area contributed by atoms with Gasteiger partial charge in [0.15, 0.2) is 5.78 Å². The van der Waals surface area contributed by atoms with Crippen LogP contribution in [-0.2, 0) is 28.5 Å². The second-order valence-electron chi connectivity index (χ2n) is 7.49. The molecule has 0 atom stereocenters. The predicted molar refractivity (Wildman–Crippen MR) is 105 cm³/mol. The van der Waals surface area contributed by atoms with Crippen LogP contribution in [0.25, 0.3) is 0 Å². The third-order valence-electron chi connectivity index (χ3n) is 4.83. The summed E-state index contributed by atoms with van der Waals surface area (Å²) in [6.45, 7) is 1.74. The van der Waals surface area contributed by atoms with Gasteiger partial charge in [0.1, 0.15) is 5.82 Å². The highest BCUT2D eigenvalue weighted by Crippen LogP contribution is 2.33. The van der Waals surface area contributed by atoms with Crippen molar-refractivity contribution in [1.29, 1.82) is 0 Å². The zero-order valence-electron chi connectivity index (χ0n) is 16.8. The van der Waals surface area contributed by atoms with Crippen molar-refractivity contribution < 1.29 is 31.7 Å². The minimum absolute atomic E-state index is 0.241. The van der Waals surface area contributed by atoms with Crippen LogP contribution in [0.2, 0.25) is 0 Å². The van der Waals surface area contributed by atoms with Crippen LogP contribution in [0, 0.1) is 5.82 Å². The van der Waals surface area contributed by atoms with Gasteiger partial charge >= 0.3 is 13.3 Å². The van der Waals surface area contributed by atoms with Crippen LogP contribution in [0.4, 0.5) is 17.6 Å². The second-order valence-corrected chi connectivity index (χ2v) is 7.49. The van der Waals surface area contributed by atoms with E-state index in [1.165, 1.54) is 0 Å². The van der Waals surface area contributed by atoms with Crippen LogP contribution in [0.15, 0.2) is 36.4 Å². The maximum Gasteiger partial charge on any atom is 0.494 e. The Morgan fingerprint density at radius 1 is 1.20 bits per heavy atom. The summed E-state index contributed by atoms with van der Waals surface area (Å²) in [7, 11) is 3.38. The number of halogens is 4. The molecule has 2 aromatic carbocycles. The van der Waals surface area contributed by atoms with E-state index in [-0.39, 0.29) is 6.42 Å². The zero-order valence-corrected chi connectivity index (χ0v) is 16.8. The molecule has 1 aliphatic heterocycles. The smallest absolute Gasteiger partial charge is 0.407 e. The molecule has 9 heteroatoms. The number of carbonyl (C=O) groups excluding carboxylic acids is 1. The molecule has 1 aliphatic rings. The van der Waals surface area contributed by atoms with Gasteiger partial charge < -0.3 is 14.2 Å². The Morgan fingerprint density at radius 2 is 1.97 bits per heavy atom. The number of alkyl halides is 3. The average Bonchev–Trinajstić information content (AvgIpc) is 3.06. The lowest BCUT2D eigenvalue weighted by Gasteiger charge is -2.13. The monoisotopic (exact) mass is 423 g/mol. The molecule has 160 valence electrons. The van der Waals surface area contributed by atoms with Crippen LogP contribution in [0.3, 0.4) is 0 Å². The first-order valence-electron chi connectivity index (χ1n) is 9.54. The third kappa shape index (κ3) is 5.47. The molecule has 0 radical (unpaired) electrons. The van der Waals surface area contributed by atoms with E-state index < -0.39 is 36.0 Å². The van der Waals surface area contributed by atoms with E-state index in [0.29, 0.717) is 24.8 Å². The first-order chi connectivity index (χ1) is 14.1. The fourth-order valence-electron chi connectivity index (χ4n) is 3.34. The zero-order chi connectivity index (χ0) is 21.9. The van der Waals surface area contributed by atoms with E-state index in [1.807, 2.05) is 19.0 Å². The quantitative estimate of drug-likeness (QED) is 0.282. The Morgan fingerprint density at radius 3 is 2.67 bits per heavy atom. The standard InChI is InChI=1S/C21H22BF4NO3/c1-27(2)8-3-9-29-22-19-10-14(4-5-15(19)13-30-22)11-20(28)17-7-6-16(23)12-18(17)21(24,25)26/h4-7,10,12H,3,8-9,11,13H2,1-2H3. The fourth-order valence-corrected chi connectivity index (χ4v) is 3.34. The minimum atomic E-state index is -4.82. The molecule has 0 unspecified atom stereocenters. The number of rotatable bonds is 8. The Hall–Kier alpha value is -2.23. The SMILES string of the molecule is CN(C)CCCOB1OCc2ccc(CC(=O)c3ccc(F)cc3C(F)(F)F)cc21. The van der Waals surface area contributed by atoms with Crippen molar-refractivity contribution in [1.82, 2.24) is 4.90 Å². The normalized spacial score (nSPS) is 13.8. The molecule has 0 aliphatic carbocycles. The molecule has 0 amide bonds. The molecule has 0 bridgehead atoms. The number of carbonyl (C=O) groups is 1. The lowest BCUT2D eigenvalue weighted by molar-refractivity contribution is -0.138. The number of ketones is 1. The van der Waals surface area contributed by atoms with E-state index in [4.69, 9.17) is 9.31 Å². The van der Waals surface area contributed by atoms with Gasteiger partial charge in [0.2, 0.25) is 0 Å². The largest absolute Gasteiger partial charge is 0.494 e. The van der Waals surface area contributed by atoms with Crippen molar-refractivity contribution in [3.05, 3.63) is 64.5 Å². The summed E-state index contributed by atoms with van der Waals surface area (Å²) in [6.07, 6.45) is -4.23. The summed E-state index contributed by atoms with van der Waals surface area (Å²) in [6, 6.07) is 7.29. The second kappa shape index (κ2) is 9.28. The van der Waals surface area contributed by atoms with Gasteiger partial charge in [-0.3, -0.25) is 4.79 Å². The number of Topliss-reactive ketones (excluding diaryl/α,β-unsaturated/α-hetero) is 1. The van der Waals surface area contributed by atoms with Gasteiger partial charge in [0, 0.05) is 18.6 Å². The average molecular weight is 423 g/mol. The van der Waals surface area contributed by atoms with Gasteiger partial charge in [0.05, 0.1) is 12.2 Å². The van der Waals surface area contributed by atoms with Gasteiger partial charge in [0.25, 0.3) is 0 Å². The van der Waals surface area contributed by atoms with Gasteiger partial charge in [-0.2, -0.15) is 13.2 Å². The summed E-state index contributed by atoms with van der Waals surface area (Å²) in [5, 5.41) is 0. The molecule has 0 N–H and O–H groups in total. The Bertz CT molecular complexity index is 918. The summed E-state index contributed by atoms with van der Waals surface area (Å²) >= 11 is 0. The van der Waals surface area contributed by atoms with Crippen molar-refractivity contribution in [2.75, 3.05) is 27.2 Å². The summed E-state index contributed by atoms with van der Waals surface area (Å²) < 4.78 is 64.3. The molecule has 1 heterocycles. The highest BCUT2D eigenvalue weighted by atomic mass is 19.4. The van der Waals surface area contributed by atoms with E-state index in [2.05, 4.69) is 0 Å². The van der Waals surface area contributed by atoms with Crippen molar-refractivity contribution >= 4 is 18.4 Å². The Balaban J connectivity index is 1.73. The molecule has 2 aromatic rings. The van der Waals surface area contributed by atoms with Crippen LogP contribution < -0.4 is 5.46 Å². The summed E-state index contributed by atoms with van der Waals surface area (Å²) in [5.74, 6) is -1.77. The Labute approximate surface area is 172 Å². The lowest BCUT2D eigenvalue weighted by atomic mass is 9.77. The van der Waals surface area contributed by atoms with Gasteiger partial charge in [-0.25, -0.2) is 4.39 Å². The minimum Gasteiger partial charge on any atom is -0.407 e. The van der Waals surface area contributed by atoms with Crippen LogP contribution >= 0.6 is 0 Å². The lowest BCUT2D eigenvalue weighted by Crippen LogP contribution is -2.33.